The number of aromatic nitrogens is 2. The number of hydrogen-bond acceptors (Lipinski definition) is 4. The van der Waals surface area contributed by atoms with Crippen LogP contribution in [0.25, 0.3) is 22.9 Å². The Balaban J connectivity index is 2.13. The summed E-state index contributed by atoms with van der Waals surface area (Å²) in [4.78, 5) is 19.6. The van der Waals surface area contributed by atoms with Gasteiger partial charge in [-0.15, -0.1) is 11.3 Å². The number of benzene rings is 1. The second-order valence-corrected chi connectivity index (χ2v) is 4.92. The van der Waals surface area contributed by atoms with E-state index in [1.165, 1.54) is 17.4 Å². The lowest BCUT2D eigenvalue weighted by Gasteiger charge is -1.99. The van der Waals surface area contributed by atoms with Gasteiger partial charge in [0.05, 0.1) is 15.9 Å². The molecular weight excluding hydrogens is 260 g/mol. The predicted octanol–water partition coefficient (Wildman–Crippen LogP) is 3.04. The van der Waals surface area contributed by atoms with E-state index < -0.39 is 0 Å². The maximum atomic E-state index is 11.9. The van der Waals surface area contributed by atoms with Crippen LogP contribution in [-0.2, 0) is 0 Å². The van der Waals surface area contributed by atoms with E-state index in [0.717, 1.165) is 0 Å². The molecule has 0 aliphatic rings. The Hall–Kier alpha value is -2.40. The standard InChI is InChI=1S/C14H10N2O2S/c17-12(13-6-3-7-19-13)8-11-14(18)16-10-5-2-1-4-9(10)15-11/h1-8,17H,(H,16,18)/b12-8+. The number of nitrogens with one attached hydrogen (secondary N) is 1. The van der Waals surface area contributed by atoms with Crippen LogP contribution in [0.4, 0.5) is 0 Å². The summed E-state index contributed by atoms with van der Waals surface area (Å²) in [5.41, 5.74) is 1.25. The van der Waals surface area contributed by atoms with Gasteiger partial charge in [-0.3, -0.25) is 4.79 Å². The van der Waals surface area contributed by atoms with E-state index in [0.29, 0.717) is 15.9 Å². The van der Waals surface area contributed by atoms with E-state index in [9.17, 15) is 9.90 Å². The summed E-state index contributed by atoms with van der Waals surface area (Å²) in [5, 5.41) is 11.8. The van der Waals surface area contributed by atoms with Crippen molar-refractivity contribution < 1.29 is 5.11 Å². The van der Waals surface area contributed by atoms with Gasteiger partial charge in [0.2, 0.25) is 0 Å². The van der Waals surface area contributed by atoms with Crippen LogP contribution in [0.15, 0.2) is 46.6 Å². The molecule has 1 aromatic carbocycles. The molecule has 0 saturated carbocycles. The van der Waals surface area contributed by atoms with Crippen molar-refractivity contribution in [1.82, 2.24) is 9.97 Å². The SMILES string of the molecule is O=c1[nH]c2ccccc2nc1/C=C(/O)c1cccs1. The smallest absolute Gasteiger partial charge is 0.274 e. The van der Waals surface area contributed by atoms with Gasteiger partial charge in [0.1, 0.15) is 11.5 Å². The van der Waals surface area contributed by atoms with Gasteiger partial charge in [0, 0.05) is 6.08 Å². The molecule has 0 fully saturated rings. The molecule has 0 aliphatic carbocycles. The zero-order valence-corrected chi connectivity index (χ0v) is 10.6. The molecular formula is C14H10N2O2S. The molecule has 2 N–H and O–H groups in total. The van der Waals surface area contributed by atoms with Crippen LogP contribution < -0.4 is 5.56 Å². The fourth-order valence-electron chi connectivity index (χ4n) is 1.77. The Morgan fingerprint density at radius 2 is 2.11 bits per heavy atom. The zero-order valence-electron chi connectivity index (χ0n) is 9.83. The van der Waals surface area contributed by atoms with Crippen molar-refractivity contribution in [3.8, 4) is 0 Å². The van der Waals surface area contributed by atoms with E-state index in [4.69, 9.17) is 0 Å². The van der Waals surface area contributed by atoms with Crippen molar-refractivity contribution in [2.45, 2.75) is 0 Å². The normalized spacial score (nSPS) is 11.9. The number of aromatic amines is 1. The molecule has 2 heterocycles. The Bertz CT molecular complexity index is 804. The minimum Gasteiger partial charge on any atom is -0.506 e. The lowest BCUT2D eigenvalue weighted by atomic mass is 10.2. The van der Waals surface area contributed by atoms with Crippen molar-refractivity contribution in [3.05, 3.63) is 62.7 Å². The molecule has 94 valence electrons. The average Bonchev–Trinajstić information content (AvgIpc) is 2.93. The third-order valence-corrected chi connectivity index (χ3v) is 3.57. The first-order chi connectivity index (χ1) is 9.24. The first kappa shape index (κ1) is 11.7. The summed E-state index contributed by atoms with van der Waals surface area (Å²) in [6, 6.07) is 10.9. The lowest BCUT2D eigenvalue weighted by Crippen LogP contribution is -2.11. The van der Waals surface area contributed by atoms with Gasteiger partial charge in [-0.1, -0.05) is 18.2 Å². The minimum atomic E-state index is -0.318. The Labute approximate surface area is 112 Å². The van der Waals surface area contributed by atoms with Gasteiger partial charge < -0.3 is 10.1 Å². The molecule has 4 nitrogen and oxygen atoms in total. The summed E-state index contributed by atoms with van der Waals surface area (Å²) in [5.74, 6) is 0.0447. The first-order valence-corrected chi connectivity index (χ1v) is 6.55. The number of fused-ring (bicyclic) bond motifs is 1. The summed E-state index contributed by atoms with van der Waals surface area (Å²) in [6.45, 7) is 0. The number of rotatable bonds is 2. The van der Waals surface area contributed by atoms with E-state index in [2.05, 4.69) is 9.97 Å². The second kappa shape index (κ2) is 4.70. The van der Waals surface area contributed by atoms with Gasteiger partial charge in [-0.25, -0.2) is 4.98 Å². The van der Waals surface area contributed by atoms with E-state index >= 15 is 0 Å². The quantitative estimate of drug-likeness (QED) is 0.703. The molecule has 0 unspecified atom stereocenters. The van der Waals surface area contributed by atoms with Crippen LogP contribution in [0.2, 0.25) is 0 Å². The fraction of sp³-hybridized carbons (Fsp3) is 0. The van der Waals surface area contributed by atoms with Crippen molar-refractivity contribution in [3.63, 3.8) is 0 Å². The minimum absolute atomic E-state index is 0.0447. The summed E-state index contributed by atoms with van der Waals surface area (Å²) in [6.07, 6.45) is 1.39. The number of aliphatic hydroxyl groups is 1. The lowest BCUT2D eigenvalue weighted by molar-refractivity contribution is 0.517. The highest BCUT2D eigenvalue weighted by Gasteiger charge is 2.05. The topological polar surface area (TPSA) is 66.0 Å². The number of para-hydroxylation sites is 2. The number of aliphatic hydroxyl groups excluding tert-OH is 1. The highest BCUT2D eigenvalue weighted by molar-refractivity contribution is 7.11. The van der Waals surface area contributed by atoms with Crippen LogP contribution in [0, 0.1) is 0 Å². The molecule has 3 rings (SSSR count). The van der Waals surface area contributed by atoms with Gasteiger partial charge in [-0.2, -0.15) is 0 Å². The summed E-state index contributed by atoms with van der Waals surface area (Å²) < 4.78 is 0. The molecule has 0 aliphatic heterocycles. The highest BCUT2D eigenvalue weighted by Crippen LogP contribution is 2.19. The van der Waals surface area contributed by atoms with Crippen LogP contribution in [0.3, 0.4) is 0 Å². The van der Waals surface area contributed by atoms with Gasteiger partial charge >= 0.3 is 0 Å². The van der Waals surface area contributed by atoms with E-state index in [1.54, 1.807) is 12.1 Å². The predicted molar refractivity (Wildman–Crippen MR) is 77.2 cm³/mol. The Kier molecular flexibility index (Phi) is 2.89. The van der Waals surface area contributed by atoms with Crippen LogP contribution in [-0.4, -0.2) is 15.1 Å². The highest BCUT2D eigenvalue weighted by atomic mass is 32.1. The van der Waals surface area contributed by atoms with Crippen molar-refractivity contribution in [2.75, 3.05) is 0 Å². The maximum Gasteiger partial charge on any atom is 0.274 e. The van der Waals surface area contributed by atoms with Gasteiger partial charge in [-0.05, 0) is 23.6 Å². The largest absolute Gasteiger partial charge is 0.506 e. The molecule has 5 heteroatoms. The average molecular weight is 270 g/mol. The van der Waals surface area contributed by atoms with Crippen LogP contribution in [0.1, 0.15) is 10.6 Å². The number of nitrogens with zero attached hydrogens (tertiary/aromatic N) is 1. The molecule has 0 bridgehead atoms. The second-order valence-electron chi connectivity index (χ2n) is 3.98. The third-order valence-electron chi connectivity index (χ3n) is 2.67. The van der Waals surface area contributed by atoms with Crippen LogP contribution in [0.5, 0.6) is 0 Å². The number of hydrogen-bond donors (Lipinski definition) is 2. The molecule has 0 spiro atoms. The first-order valence-electron chi connectivity index (χ1n) is 5.67. The van der Waals surface area contributed by atoms with Gasteiger partial charge in [0.25, 0.3) is 5.56 Å². The van der Waals surface area contributed by atoms with Crippen LogP contribution >= 0.6 is 11.3 Å². The molecule has 0 amide bonds. The number of thiophene rings is 1. The molecule has 0 saturated heterocycles. The Morgan fingerprint density at radius 1 is 1.26 bits per heavy atom. The van der Waals surface area contributed by atoms with E-state index in [1.807, 2.05) is 29.6 Å². The summed E-state index contributed by atoms with van der Waals surface area (Å²) >= 11 is 1.40. The Morgan fingerprint density at radius 3 is 2.89 bits per heavy atom. The molecule has 0 radical (unpaired) electrons. The molecule has 2 aromatic heterocycles. The zero-order chi connectivity index (χ0) is 13.2. The number of H-pyrrole nitrogens is 1. The summed E-state index contributed by atoms with van der Waals surface area (Å²) in [7, 11) is 0. The third kappa shape index (κ3) is 2.28. The van der Waals surface area contributed by atoms with Gasteiger partial charge in [0.15, 0.2) is 0 Å². The van der Waals surface area contributed by atoms with Crippen molar-refractivity contribution >= 4 is 34.2 Å². The molecule has 19 heavy (non-hydrogen) atoms. The van der Waals surface area contributed by atoms with Crippen molar-refractivity contribution in [2.24, 2.45) is 0 Å². The van der Waals surface area contributed by atoms with E-state index in [-0.39, 0.29) is 17.0 Å². The molecule has 0 atom stereocenters. The fourth-order valence-corrected chi connectivity index (χ4v) is 2.41. The monoisotopic (exact) mass is 270 g/mol. The molecule has 3 aromatic rings. The maximum absolute atomic E-state index is 11.9. The van der Waals surface area contributed by atoms with Crippen molar-refractivity contribution in [1.29, 1.82) is 0 Å².